The topological polar surface area (TPSA) is 69.0 Å². The summed E-state index contributed by atoms with van der Waals surface area (Å²) >= 11 is 0. The zero-order valence-corrected chi connectivity index (χ0v) is 15.5. The molecule has 3 rings (SSSR count). The van der Waals surface area contributed by atoms with Crippen molar-refractivity contribution < 1.29 is 18.7 Å². The van der Waals surface area contributed by atoms with E-state index < -0.39 is 0 Å². The van der Waals surface area contributed by atoms with Crippen molar-refractivity contribution in [3.8, 4) is 11.5 Å². The SMILES string of the molecule is CCN(Cc1ccc(OC)c(OC)c1)C(=O)c1cc(=O)c2ccccc2o1. The van der Waals surface area contributed by atoms with E-state index in [1.54, 1.807) is 49.5 Å². The molecule has 1 amide bonds. The Bertz CT molecular complexity index is 1020. The molecule has 0 atom stereocenters. The maximum absolute atomic E-state index is 12.9. The summed E-state index contributed by atoms with van der Waals surface area (Å²) < 4.78 is 16.2. The third-order valence-corrected chi connectivity index (χ3v) is 4.34. The molecule has 27 heavy (non-hydrogen) atoms. The first-order valence-electron chi connectivity index (χ1n) is 8.60. The predicted molar refractivity (Wildman–Crippen MR) is 102 cm³/mol. The van der Waals surface area contributed by atoms with E-state index in [4.69, 9.17) is 13.9 Å². The van der Waals surface area contributed by atoms with Crippen molar-refractivity contribution >= 4 is 16.9 Å². The van der Waals surface area contributed by atoms with E-state index in [9.17, 15) is 9.59 Å². The number of benzene rings is 2. The highest BCUT2D eigenvalue weighted by Gasteiger charge is 2.19. The molecule has 3 aromatic rings. The number of rotatable bonds is 6. The molecule has 1 aromatic heterocycles. The molecular weight excluding hydrogens is 346 g/mol. The standard InChI is InChI=1S/C21H21NO5/c1-4-22(13-14-9-10-18(25-2)19(11-14)26-3)21(24)20-12-16(23)15-7-5-6-8-17(15)27-20/h5-12H,4,13H2,1-3H3. The molecule has 6 heteroatoms. The fourth-order valence-electron chi connectivity index (χ4n) is 2.89. The number of methoxy groups -OCH3 is 2. The minimum Gasteiger partial charge on any atom is -0.493 e. The second-order valence-electron chi connectivity index (χ2n) is 5.98. The fraction of sp³-hybridized carbons (Fsp3) is 0.238. The molecule has 0 N–H and O–H groups in total. The van der Waals surface area contributed by atoms with Gasteiger partial charge in [-0.15, -0.1) is 0 Å². The molecule has 0 saturated heterocycles. The normalized spacial score (nSPS) is 10.6. The van der Waals surface area contributed by atoms with Gasteiger partial charge in [0.25, 0.3) is 5.91 Å². The molecule has 140 valence electrons. The Morgan fingerprint density at radius 1 is 1.04 bits per heavy atom. The van der Waals surface area contributed by atoms with Gasteiger partial charge >= 0.3 is 0 Å². The molecular formula is C21H21NO5. The van der Waals surface area contributed by atoms with Crippen molar-refractivity contribution in [2.24, 2.45) is 0 Å². The van der Waals surface area contributed by atoms with Crippen LogP contribution >= 0.6 is 0 Å². The van der Waals surface area contributed by atoms with Gasteiger partial charge in [-0.3, -0.25) is 9.59 Å². The average Bonchev–Trinajstić information content (AvgIpc) is 2.71. The molecule has 2 aromatic carbocycles. The Hall–Kier alpha value is -3.28. The van der Waals surface area contributed by atoms with Crippen LogP contribution in [0, 0.1) is 0 Å². The number of nitrogens with zero attached hydrogens (tertiary/aromatic N) is 1. The van der Waals surface area contributed by atoms with E-state index in [0.717, 1.165) is 5.56 Å². The number of para-hydroxylation sites is 1. The molecule has 0 aliphatic carbocycles. The Morgan fingerprint density at radius 2 is 1.78 bits per heavy atom. The highest BCUT2D eigenvalue weighted by atomic mass is 16.5. The van der Waals surface area contributed by atoms with Crippen LogP contribution in [0.3, 0.4) is 0 Å². The zero-order valence-electron chi connectivity index (χ0n) is 15.5. The van der Waals surface area contributed by atoms with Gasteiger partial charge < -0.3 is 18.8 Å². The van der Waals surface area contributed by atoms with Crippen molar-refractivity contribution in [1.29, 1.82) is 0 Å². The number of hydrogen-bond donors (Lipinski definition) is 0. The van der Waals surface area contributed by atoms with Gasteiger partial charge in [-0.1, -0.05) is 18.2 Å². The van der Waals surface area contributed by atoms with Crippen LogP contribution in [-0.4, -0.2) is 31.6 Å². The minimum absolute atomic E-state index is 0.0287. The Labute approximate surface area is 156 Å². The van der Waals surface area contributed by atoms with E-state index in [1.807, 2.05) is 19.1 Å². The Balaban J connectivity index is 1.90. The van der Waals surface area contributed by atoms with E-state index >= 15 is 0 Å². The van der Waals surface area contributed by atoms with Crippen LogP contribution < -0.4 is 14.9 Å². The first kappa shape index (κ1) is 18.5. The van der Waals surface area contributed by atoms with E-state index in [0.29, 0.717) is 35.6 Å². The van der Waals surface area contributed by atoms with Crippen LogP contribution in [0.25, 0.3) is 11.0 Å². The second-order valence-corrected chi connectivity index (χ2v) is 5.98. The maximum Gasteiger partial charge on any atom is 0.290 e. The summed E-state index contributed by atoms with van der Waals surface area (Å²) in [5.74, 6) is 0.906. The second kappa shape index (κ2) is 7.95. The van der Waals surface area contributed by atoms with Gasteiger partial charge in [0.05, 0.1) is 19.6 Å². The van der Waals surface area contributed by atoms with Crippen molar-refractivity contribution in [2.45, 2.75) is 13.5 Å². The molecule has 0 spiro atoms. The minimum atomic E-state index is -0.338. The van der Waals surface area contributed by atoms with Crippen LogP contribution in [0.5, 0.6) is 11.5 Å². The summed E-state index contributed by atoms with van der Waals surface area (Å²) in [5.41, 5.74) is 1.05. The summed E-state index contributed by atoms with van der Waals surface area (Å²) in [5, 5.41) is 0.456. The molecule has 0 fully saturated rings. The van der Waals surface area contributed by atoms with Crippen LogP contribution in [0.15, 0.2) is 57.7 Å². The van der Waals surface area contributed by atoms with Crippen molar-refractivity contribution in [3.05, 3.63) is 70.1 Å². The van der Waals surface area contributed by atoms with Gasteiger partial charge in [0.15, 0.2) is 22.7 Å². The van der Waals surface area contributed by atoms with Gasteiger partial charge in [-0.2, -0.15) is 0 Å². The lowest BCUT2D eigenvalue weighted by molar-refractivity contribution is 0.0721. The summed E-state index contributed by atoms with van der Waals surface area (Å²) in [6.45, 7) is 2.69. The summed E-state index contributed by atoms with van der Waals surface area (Å²) in [4.78, 5) is 26.8. The first-order valence-corrected chi connectivity index (χ1v) is 8.60. The third kappa shape index (κ3) is 3.79. The Kier molecular flexibility index (Phi) is 5.45. The molecule has 6 nitrogen and oxygen atoms in total. The van der Waals surface area contributed by atoms with Gasteiger partial charge in [0, 0.05) is 19.2 Å². The van der Waals surface area contributed by atoms with Crippen LogP contribution in [0.1, 0.15) is 23.0 Å². The molecule has 0 saturated carbocycles. The largest absolute Gasteiger partial charge is 0.493 e. The molecule has 1 heterocycles. The third-order valence-electron chi connectivity index (χ3n) is 4.34. The molecule has 0 radical (unpaired) electrons. The van der Waals surface area contributed by atoms with E-state index in [-0.39, 0.29) is 17.1 Å². The zero-order chi connectivity index (χ0) is 19.4. The van der Waals surface area contributed by atoms with Crippen molar-refractivity contribution in [3.63, 3.8) is 0 Å². The lowest BCUT2D eigenvalue weighted by atomic mass is 10.1. The van der Waals surface area contributed by atoms with Crippen molar-refractivity contribution in [1.82, 2.24) is 4.90 Å². The maximum atomic E-state index is 12.9. The fourth-order valence-corrected chi connectivity index (χ4v) is 2.89. The molecule has 0 bridgehead atoms. The number of ether oxygens (including phenoxy) is 2. The van der Waals surface area contributed by atoms with E-state index in [2.05, 4.69) is 0 Å². The lowest BCUT2D eigenvalue weighted by Gasteiger charge is -2.21. The molecule has 0 unspecified atom stereocenters. The number of amides is 1. The van der Waals surface area contributed by atoms with Gasteiger partial charge in [0.1, 0.15) is 5.58 Å². The average molecular weight is 367 g/mol. The van der Waals surface area contributed by atoms with Gasteiger partial charge in [0.2, 0.25) is 0 Å². The van der Waals surface area contributed by atoms with Crippen LogP contribution in [0.2, 0.25) is 0 Å². The number of hydrogen-bond acceptors (Lipinski definition) is 5. The number of fused-ring (bicyclic) bond motifs is 1. The summed E-state index contributed by atoms with van der Waals surface area (Å²) in [7, 11) is 3.13. The highest BCUT2D eigenvalue weighted by molar-refractivity contribution is 5.93. The van der Waals surface area contributed by atoms with Crippen molar-refractivity contribution in [2.75, 3.05) is 20.8 Å². The smallest absolute Gasteiger partial charge is 0.290 e. The number of carbonyl (C=O) groups excluding carboxylic acids is 1. The number of carbonyl (C=O) groups is 1. The summed E-state index contributed by atoms with van der Waals surface area (Å²) in [6.07, 6.45) is 0. The highest BCUT2D eigenvalue weighted by Crippen LogP contribution is 2.28. The Morgan fingerprint density at radius 3 is 2.48 bits per heavy atom. The van der Waals surface area contributed by atoms with Gasteiger partial charge in [-0.25, -0.2) is 0 Å². The van der Waals surface area contributed by atoms with E-state index in [1.165, 1.54) is 6.07 Å². The molecule has 0 aliphatic rings. The van der Waals surface area contributed by atoms with Crippen LogP contribution in [0.4, 0.5) is 0 Å². The monoisotopic (exact) mass is 367 g/mol. The van der Waals surface area contributed by atoms with Crippen LogP contribution in [-0.2, 0) is 6.54 Å². The summed E-state index contributed by atoms with van der Waals surface area (Å²) in [6, 6.07) is 13.6. The quantitative estimate of drug-likeness (QED) is 0.667. The molecule has 0 aliphatic heterocycles. The van der Waals surface area contributed by atoms with Gasteiger partial charge in [-0.05, 0) is 36.8 Å². The predicted octanol–water partition coefficient (Wildman–Crippen LogP) is 3.47. The first-order chi connectivity index (χ1) is 13.1. The lowest BCUT2D eigenvalue weighted by Crippen LogP contribution is -2.31.